The molecule has 1 fully saturated rings. The van der Waals surface area contributed by atoms with Gasteiger partial charge in [0.15, 0.2) is 0 Å². The van der Waals surface area contributed by atoms with Gasteiger partial charge >= 0.3 is 0 Å². The normalized spacial score (nSPS) is 16.4. The molecule has 1 saturated heterocycles. The Balaban J connectivity index is 1.66. The number of piperidine rings is 1. The van der Waals surface area contributed by atoms with Crippen molar-refractivity contribution >= 4 is 5.91 Å². The lowest BCUT2D eigenvalue weighted by Crippen LogP contribution is -2.39. The number of carbonyl (C=O) groups excluding carboxylic acids is 1. The van der Waals surface area contributed by atoms with Crippen molar-refractivity contribution in [3.63, 3.8) is 0 Å². The van der Waals surface area contributed by atoms with Crippen LogP contribution >= 0.6 is 0 Å². The van der Waals surface area contributed by atoms with Gasteiger partial charge in [-0.25, -0.2) is 9.07 Å². The van der Waals surface area contributed by atoms with Crippen molar-refractivity contribution in [2.45, 2.75) is 18.9 Å². The van der Waals surface area contributed by atoms with Crippen LogP contribution in [-0.2, 0) is 0 Å². The van der Waals surface area contributed by atoms with Crippen molar-refractivity contribution < 1.29 is 9.18 Å². The van der Waals surface area contributed by atoms with Crippen molar-refractivity contribution in [3.8, 4) is 0 Å². The zero-order valence-corrected chi connectivity index (χ0v) is 10.9. The first kappa shape index (κ1) is 12.8. The van der Waals surface area contributed by atoms with Gasteiger partial charge in [0.1, 0.15) is 5.82 Å². The van der Waals surface area contributed by atoms with Gasteiger partial charge in [-0.3, -0.25) is 4.79 Å². The molecule has 6 heteroatoms. The summed E-state index contributed by atoms with van der Waals surface area (Å²) < 4.78 is 15.4. The monoisotopic (exact) mass is 274 g/mol. The van der Waals surface area contributed by atoms with Gasteiger partial charge in [-0.1, -0.05) is 17.3 Å². The molecule has 0 spiro atoms. The fourth-order valence-corrected chi connectivity index (χ4v) is 2.55. The molecular weight excluding hydrogens is 259 g/mol. The van der Waals surface area contributed by atoms with Gasteiger partial charge in [0, 0.05) is 19.3 Å². The smallest absolute Gasteiger partial charge is 0.256 e. The molecule has 1 aliphatic heterocycles. The molecule has 2 aromatic rings. The van der Waals surface area contributed by atoms with Crippen LogP contribution < -0.4 is 0 Å². The van der Waals surface area contributed by atoms with Crippen molar-refractivity contribution in [1.29, 1.82) is 0 Å². The quantitative estimate of drug-likeness (QED) is 0.840. The molecular formula is C14H15FN4O. The fraction of sp³-hybridized carbons (Fsp3) is 0.357. The predicted octanol–water partition coefficient (Wildman–Crippen LogP) is 1.89. The molecule has 20 heavy (non-hydrogen) atoms. The molecule has 2 heterocycles. The molecule has 5 nitrogen and oxygen atoms in total. The van der Waals surface area contributed by atoms with Crippen LogP contribution in [0.25, 0.3) is 0 Å². The molecule has 1 aliphatic rings. The Morgan fingerprint density at radius 2 is 2.00 bits per heavy atom. The highest BCUT2D eigenvalue weighted by Gasteiger charge is 2.26. The largest absolute Gasteiger partial charge is 0.338 e. The van der Waals surface area contributed by atoms with E-state index in [2.05, 4.69) is 10.3 Å². The number of nitrogens with zero attached hydrogens (tertiary/aromatic N) is 4. The van der Waals surface area contributed by atoms with Gasteiger partial charge in [-0.05, 0) is 25.0 Å². The Hall–Kier alpha value is -2.24. The summed E-state index contributed by atoms with van der Waals surface area (Å²) in [7, 11) is 0. The van der Waals surface area contributed by atoms with E-state index in [4.69, 9.17) is 0 Å². The summed E-state index contributed by atoms with van der Waals surface area (Å²) in [6.45, 7) is 1.22. The predicted molar refractivity (Wildman–Crippen MR) is 70.6 cm³/mol. The zero-order chi connectivity index (χ0) is 13.9. The number of likely N-dealkylation sites (tertiary alicyclic amines) is 1. The first-order valence-electron chi connectivity index (χ1n) is 6.65. The number of rotatable bonds is 2. The third-order valence-electron chi connectivity index (χ3n) is 3.67. The second-order valence-corrected chi connectivity index (χ2v) is 4.89. The second-order valence-electron chi connectivity index (χ2n) is 4.89. The van der Waals surface area contributed by atoms with Crippen LogP contribution in [-0.4, -0.2) is 38.9 Å². The fourth-order valence-electron chi connectivity index (χ4n) is 2.55. The van der Waals surface area contributed by atoms with Gasteiger partial charge in [0.25, 0.3) is 5.91 Å². The molecule has 0 radical (unpaired) electrons. The first-order valence-corrected chi connectivity index (χ1v) is 6.65. The van der Waals surface area contributed by atoms with E-state index >= 15 is 0 Å². The molecule has 104 valence electrons. The molecule has 1 aromatic heterocycles. The van der Waals surface area contributed by atoms with E-state index < -0.39 is 5.82 Å². The lowest BCUT2D eigenvalue weighted by molar-refractivity contribution is 0.0684. The highest BCUT2D eigenvalue weighted by Crippen LogP contribution is 2.23. The molecule has 0 N–H and O–H groups in total. The van der Waals surface area contributed by atoms with Crippen molar-refractivity contribution in [1.82, 2.24) is 19.9 Å². The van der Waals surface area contributed by atoms with Gasteiger partial charge in [-0.2, -0.15) is 0 Å². The average Bonchev–Trinajstić information content (AvgIpc) is 3.01. The number of carbonyl (C=O) groups is 1. The summed E-state index contributed by atoms with van der Waals surface area (Å²) >= 11 is 0. The zero-order valence-electron chi connectivity index (χ0n) is 10.9. The summed E-state index contributed by atoms with van der Waals surface area (Å²) in [5.41, 5.74) is 0.145. The molecule has 0 bridgehead atoms. The Labute approximate surface area is 116 Å². The minimum atomic E-state index is -0.462. The van der Waals surface area contributed by atoms with Crippen LogP contribution in [0, 0.1) is 5.82 Å². The van der Waals surface area contributed by atoms with E-state index in [0.29, 0.717) is 13.1 Å². The molecule has 0 unspecified atom stereocenters. The van der Waals surface area contributed by atoms with E-state index in [1.807, 2.05) is 10.9 Å². The van der Waals surface area contributed by atoms with Gasteiger partial charge in [0.05, 0.1) is 17.8 Å². The van der Waals surface area contributed by atoms with E-state index in [1.165, 1.54) is 12.1 Å². The Kier molecular flexibility index (Phi) is 3.45. The molecule has 3 rings (SSSR count). The van der Waals surface area contributed by atoms with E-state index in [0.717, 1.165) is 12.8 Å². The van der Waals surface area contributed by atoms with Crippen molar-refractivity contribution in [2.24, 2.45) is 0 Å². The SMILES string of the molecule is O=C(c1ccccc1F)N1CCC(n2ccnn2)CC1. The number of hydrogen-bond acceptors (Lipinski definition) is 3. The number of benzene rings is 1. The van der Waals surface area contributed by atoms with E-state index in [1.54, 1.807) is 23.2 Å². The topological polar surface area (TPSA) is 51.0 Å². The summed E-state index contributed by atoms with van der Waals surface area (Å²) in [4.78, 5) is 14.0. The van der Waals surface area contributed by atoms with Crippen molar-refractivity contribution in [3.05, 3.63) is 48.0 Å². The highest BCUT2D eigenvalue weighted by molar-refractivity contribution is 5.94. The van der Waals surface area contributed by atoms with E-state index in [9.17, 15) is 9.18 Å². The molecule has 1 amide bonds. The summed E-state index contributed by atoms with van der Waals surface area (Å²) in [5.74, 6) is -0.698. The maximum Gasteiger partial charge on any atom is 0.256 e. The summed E-state index contributed by atoms with van der Waals surface area (Å²) in [5, 5.41) is 7.78. The minimum Gasteiger partial charge on any atom is -0.338 e. The van der Waals surface area contributed by atoms with Crippen molar-refractivity contribution in [2.75, 3.05) is 13.1 Å². The lowest BCUT2D eigenvalue weighted by atomic mass is 10.0. The van der Waals surface area contributed by atoms with Crippen LogP contribution in [0.2, 0.25) is 0 Å². The van der Waals surface area contributed by atoms with Crippen LogP contribution in [0.4, 0.5) is 4.39 Å². The van der Waals surface area contributed by atoms with Gasteiger partial charge in [-0.15, -0.1) is 5.10 Å². The third-order valence-corrected chi connectivity index (χ3v) is 3.67. The minimum absolute atomic E-state index is 0.145. The Bertz CT molecular complexity index is 591. The van der Waals surface area contributed by atoms with Gasteiger partial charge < -0.3 is 4.90 Å². The first-order chi connectivity index (χ1) is 9.75. The summed E-state index contributed by atoms with van der Waals surface area (Å²) in [6, 6.07) is 6.38. The second kappa shape index (κ2) is 5.40. The number of amides is 1. The Morgan fingerprint density at radius 3 is 2.65 bits per heavy atom. The standard InChI is InChI=1S/C14H15FN4O/c15-13-4-2-1-3-12(13)14(20)18-8-5-11(6-9-18)19-10-7-16-17-19/h1-4,7,10-11H,5-6,8-9H2. The van der Waals surface area contributed by atoms with Crippen LogP contribution in [0.1, 0.15) is 29.2 Å². The van der Waals surface area contributed by atoms with Crippen LogP contribution in [0.15, 0.2) is 36.7 Å². The van der Waals surface area contributed by atoms with Crippen LogP contribution in [0.5, 0.6) is 0 Å². The number of hydrogen-bond donors (Lipinski definition) is 0. The average molecular weight is 274 g/mol. The molecule has 0 aliphatic carbocycles. The molecule has 0 atom stereocenters. The maximum absolute atomic E-state index is 13.6. The van der Waals surface area contributed by atoms with Crippen LogP contribution in [0.3, 0.4) is 0 Å². The Morgan fingerprint density at radius 1 is 1.25 bits per heavy atom. The molecule has 0 saturated carbocycles. The lowest BCUT2D eigenvalue weighted by Gasteiger charge is -2.31. The molecule has 1 aromatic carbocycles. The highest BCUT2D eigenvalue weighted by atomic mass is 19.1. The van der Waals surface area contributed by atoms with Gasteiger partial charge in [0.2, 0.25) is 0 Å². The third kappa shape index (κ3) is 2.41. The number of halogens is 1. The van der Waals surface area contributed by atoms with E-state index in [-0.39, 0.29) is 17.5 Å². The summed E-state index contributed by atoms with van der Waals surface area (Å²) in [6.07, 6.45) is 5.10. The maximum atomic E-state index is 13.6. The number of aromatic nitrogens is 3.